The van der Waals surface area contributed by atoms with Gasteiger partial charge in [-0.25, -0.2) is 18.9 Å². The number of aryl methyl sites for hydroxylation is 1. The highest BCUT2D eigenvalue weighted by Gasteiger charge is 2.53. The number of rotatable bonds is 11. The lowest BCUT2D eigenvalue weighted by Gasteiger charge is -2.50. The molecule has 0 bridgehead atoms. The van der Waals surface area contributed by atoms with Crippen molar-refractivity contribution in [1.29, 1.82) is 0 Å². The summed E-state index contributed by atoms with van der Waals surface area (Å²) in [7, 11) is 1.87. The molecule has 0 aliphatic carbocycles. The predicted molar refractivity (Wildman–Crippen MR) is 156 cm³/mol. The van der Waals surface area contributed by atoms with Crippen LogP contribution in [0.4, 0.5) is 5.13 Å². The van der Waals surface area contributed by atoms with E-state index in [1.807, 2.05) is 34.9 Å². The molecular formula is C27H25N7O9S2. The van der Waals surface area contributed by atoms with Crippen LogP contribution in [0.15, 0.2) is 70.9 Å². The van der Waals surface area contributed by atoms with Gasteiger partial charge in [0.2, 0.25) is 12.4 Å². The van der Waals surface area contributed by atoms with Gasteiger partial charge in [-0.05, 0) is 23.8 Å². The molecule has 234 valence electrons. The highest BCUT2D eigenvalue weighted by Crippen LogP contribution is 2.40. The molecule has 0 radical (unpaired) electrons. The van der Waals surface area contributed by atoms with Gasteiger partial charge in [0.05, 0.1) is 18.7 Å². The van der Waals surface area contributed by atoms with Crippen molar-refractivity contribution < 1.29 is 49.0 Å². The number of carbonyl (C=O) groups excluding carboxylic acids is 3. The Kier molecular flexibility index (Phi) is 8.77. The van der Waals surface area contributed by atoms with Crippen molar-refractivity contribution in [3.63, 3.8) is 0 Å². The number of nitrogens with one attached hydrogen (secondary N) is 1. The second kappa shape index (κ2) is 12.7. The smallest absolute Gasteiger partial charge is 0.352 e. The van der Waals surface area contributed by atoms with E-state index in [2.05, 4.69) is 15.5 Å². The van der Waals surface area contributed by atoms with Crippen molar-refractivity contribution in [3.8, 4) is 11.5 Å². The molecule has 2 aliphatic rings. The number of β-lactam (4-membered cyclic amide) rings is 1. The molecule has 18 heteroatoms. The molecule has 45 heavy (non-hydrogen) atoms. The van der Waals surface area contributed by atoms with Crippen LogP contribution >= 0.6 is 23.1 Å². The number of hydrogen-bond donors (Lipinski definition) is 5. The topological polar surface area (TPSA) is 237 Å². The molecule has 0 saturated carbocycles. The number of benzene rings is 1. The Morgan fingerprint density at radius 2 is 2.11 bits per heavy atom. The largest absolute Gasteiger partial charge is 0.543 e. The molecule has 2 amide bonds. The third-order valence-corrected chi connectivity index (χ3v) is 8.67. The molecule has 0 spiro atoms. The Hall–Kier alpha value is -5.36. The third-order valence-electron chi connectivity index (χ3n) is 6.69. The summed E-state index contributed by atoms with van der Waals surface area (Å²) >= 11 is 2.20. The number of fused-ring (bicyclic) bond motifs is 1. The van der Waals surface area contributed by atoms with Crippen molar-refractivity contribution in [1.82, 2.24) is 19.8 Å². The van der Waals surface area contributed by atoms with Gasteiger partial charge in [-0.15, -0.1) is 23.1 Å². The number of aromatic nitrogens is 3. The highest BCUT2D eigenvalue weighted by molar-refractivity contribution is 8.00. The normalized spacial score (nSPS) is 18.8. The van der Waals surface area contributed by atoms with Crippen LogP contribution in [0.1, 0.15) is 17.4 Å². The van der Waals surface area contributed by atoms with E-state index in [1.54, 1.807) is 12.2 Å². The number of allylic oxidation sites excluding steroid dienone is 2. The number of carboxylic acid groups (broad SMARTS) is 2. The van der Waals surface area contributed by atoms with Crippen LogP contribution in [-0.2, 0) is 37.6 Å². The first-order valence-electron chi connectivity index (χ1n) is 13.0. The zero-order valence-electron chi connectivity index (χ0n) is 23.3. The molecule has 3 atom stereocenters. The predicted octanol–water partition coefficient (Wildman–Crippen LogP) is -1.03. The Morgan fingerprint density at radius 1 is 1.33 bits per heavy atom. The summed E-state index contributed by atoms with van der Waals surface area (Å²) in [5.41, 5.74) is 5.10. The number of phenols is 2. The number of thiazole rings is 1. The number of phenolic OH excluding ortho intramolecular Hbond substituents is 2. The van der Waals surface area contributed by atoms with Crippen molar-refractivity contribution >= 4 is 57.7 Å². The Balaban J connectivity index is 1.35. The second-order valence-electron chi connectivity index (χ2n) is 9.78. The van der Waals surface area contributed by atoms with Gasteiger partial charge < -0.3 is 41.1 Å². The Bertz CT molecular complexity index is 1780. The summed E-state index contributed by atoms with van der Waals surface area (Å²) < 4.78 is 3.73. The standard InChI is InChI=1S/C27H25N7O9S2/c1-32-7-8-33(12-32)6-2-3-14-10-44-24-19(23(38)34(24)20(14)25(39)40)30-22(37)18(15-11-45-27(28)29-15)31-43-21(26(41)42)13-4-5-16(35)17(36)9-13/h2-5,7-9,11-12,19,21,24H,6,10H2,1H3,(H6-,28,29,30,31,35,36,37,39,40,41,42). The summed E-state index contributed by atoms with van der Waals surface area (Å²) in [6.07, 6.45) is 7.11. The number of nitrogens with zero attached hydrogens (tertiary/aromatic N) is 5. The van der Waals surface area contributed by atoms with Gasteiger partial charge in [-0.1, -0.05) is 17.3 Å². The summed E-state index contributed by atoms with van der Waals surface area (Å²) in [5.74, 6) is -5.63. The van der Waals surface area contributed by atoms with Crippen LogP contribution in [0.25, 0.3) is 0 Å². The van der Waals surface area contributed by atoms with E-state index in [0.717, 1.165) is 28.4 Å². The number of carbonyl (C=O) groups is 4. The molecule has 1 fully saturated rings. The van der Waals surface area contributed by atoms with E-state index in [4.69, 9.17) is 10.6 Å². The molecule has 2 aliphatic heterocycles. The van der Waals surface area contributed by atoms with E-state index >= 15 is 0 Å². The molecule has 1 aromatic carbocycles. The fourth-order valence-electron chi connectivity index (χ4n) is 4.55. The van der Waals surface area contributed by atoms with Crippen LogP contribution in [0, 0.1) is 0 Å². The van der Waals surface area contributed by atoms with Crippen LogP contribution in [0.2, 0.25) is 0 Å². The third kappa shape index (κ3) is 6.46. The average Bonchev–Trinajstić information content (AvgIpc) is 3.62. The minimum atomic E-state index is -1.81. The zero-order chi connectivity index (χ0) is 32.4. The maximum absolute atomic E-state index is 13.4. The summed E-state index contributed by atoms with van der Waals surface area (Å²) in [4.78, 5) is 60.8. The number of anilines is 1. The number of aromatic hydroxyl groups is 2. The Morgan fingerprint density at radius 3 is 2.73 bits per heavy atom. The molecule has 4 heterocycles. The highest BCUT2D eigenvalue weighted by atomic mass is 32.2. The van der Waals surface area contributed by atoms with E-state index in [9.17, 15) is 39.6 Å². The second-order valence-corrected chi connectivity index (χ2v) is 11.8. The van der Waals surface area contributed by atoms with E-state index < -0.39 is 58.5 Å². The minimum absolute atomic E-state index is 0.0625. The summed E-state index contributed by atoms with van der Waals surface area (Å²) in [6.45, 7) is 0.466. The quantitative estimate of drug-likeness (QED) is 0.0548. The molecule has 5 rings (SSSR count). The van der Waals surface area contributed by atoms with Gasteiger partial charge in [-0.2, -0.15) is 0 Å². The van der Waals surface area contributed by atoms with Gasteiger partial charge >= 0.3 is 5.97 Å². The number of carboxylic acids is 2. The number of thioether (sulfide) groups is 1. The molecular weight excluding hydrogens is 630 g/mol. The average molecular weight is 656 g/mol. The zero-order valence-corrected chi connectivity index (χ0v) is 24.9. The summed E-state index contributed by atoms with van der Waals surface area (Å²) in [6, 6.07) is 2.03. The van der Waals surface area contributed by atoms with Crippen LogP contribution in [-0.4, -0.2) is 76.4 Å². The lowest BCUT2D eigenvalue weighted by molar-refractivity contribution is -0.671. The lowest BCUT2D eigenvalue weighted by Crippen LogP contribution is -2.71. The van der Waals surface area contributed by atoms with Gasteiger partial charge in [0.25, 0.3) is 11.8 Å². The first kappa shape index (κ1) is 31.1. The molecule has 1 saturated heterocycles. The Labute approximate surface area is 262 Å². The molecule has 16 nitrogen and oxygen atoms in total. The van der Waals surface area contributed by atoms with Gasteiger partial charge in [0.15, 0.2) is 22.3 Å². The van der Waals surface area contributed by atoms with E-state index in [-0.39, 0.29) is 27.8 Å². The minimum Gasteiger partial charge on any atom is -0.543 e. The number of oxime groups is 1. The fourth-order valence-corrected chi connectivity index (χ4v) is 6.42. The molecule has 6 N–H and O–H groups in total. The van der Waals surface area contributed by atoms with E-state index in [1.165, 1.54) is 23.2 Å². The molecule has 3 unspecified atom stereocenters. The number of aliphatic carboxylic acids is 2. The maximum Gasteiger partial charge on any atom is 0.352 e. The molecule has 2 aromatic heterocycles. The van der Waals surface area contributed by atoms with Crippen molar-refractivity contribution in [2.75, 3.05) is 11.5 Å². The number of hydrogen-bond acceptors (Lipinski definition) is 13. The van der Waals surface area contributed by atoms with Crippen LogP contribution in [0.5, 0.6) is 11.5 Å². The number of nitrogen functional groups attached to an aromatic ring is 1. The first-order chi connectivity index (χ1) is 21.4. The van der Waals surface area contributed by atoms with Gasteiger partial charge in [0, 0.05) is 16.7 Å². The van der Waals surface area contributed by atoms with Crippen molar-refractivity contribution in [2.24, 2.45) is 12.2 Å². The van der Waals surface area contributed by atoms with Crippen LogP contribution in [0.3, 0.4) is 0 Å². The fraction of sp³-hybridized carbons (Fsp3) is 0.222. The number of nitrogens with two attached hydrogens (primary N) is 1. The van der Waals surface area contributed by atoms with Crippen molar-refractivity contribution in [3.05, 3.63) is 77.0 Å². The SMILES string of the molecule is C[n+]1ccn(CC=CC2=C(C(=O)[O-])N3C(=O)C(NC(=O)C(=NOC(C(=O)O)c4ccc(O)c(O)c4)c4csc(N)n4)C3SC2)c1. The van der Waals surface area contributed by atoms with Gasteiger partial charge in [-0.3, -0.25) is 14.5 Å². The number of amides is 2. The maximum atomic E-state index is 13.4. The number of imidazole rings is 1. The monoisotopic (exact) mass is 655 g/mol. The lowest BCUT2D eigenvalue weighted by atomic mass is 10.0. The van der Waals surface area contributed by atoms with E-state index in [0.29, 0.717) is 12.1 Å². The first-order valence-corrected chi connectivity index (χ1v) is 14.9. The van der Waals surface area contributed by atoms with Crippen molar-refractivity contribution in [2.45, 2.75) is 24.1 Å². The summed E-state index contributed by atoms with van der Waals surface area (Å²) in [5, 5.41) is 48.0. The molecule has 3 aromatic rings. The van der Waals surface area contributed by atoms with Crippen LogP contribution < -0.4 is 20.7 Å². The van der Waals surface area contributed by atoms with Gasteiger partial charge in [0.1, 0.15) is 36.0 Å².